The molecule has 1 rings (SSSR count). The zero-order valence-corrected chi connectivity index (χ0v) is 20.8. The summed E-state index contributed by atoms with van der Waals surface area (Å²) in [5.74, 6) is -0.408. The molecule has 31 heavy (non-hydrogen) atoms. The van der Waals surface area contributed by atoms with Gasteiger partial charge in [-0.3, -0.25) is 14.4 Å². The van der Waals surface area contributed by atoms with Gasteiger partial charge in [-0.05, 0) is 48.0 Å². The van der Waals surface area contributed by atoms with Crippen LogP contribution in [0.5, 0.6) is 0 Å². The number of hydrogen-bond donors (Lipinski definition) is 0. The monoisotopic (exact) mass is 434 g/mol. The van der Waals surface area contributed by atoms with E-state index in [-0.39, 0.29) is 23.9 Å². The molecule has 0 aromatic rings. The van der Waals surface area contributed by atoms with Crippen LogP contribution in [0.3, 0.4) is 0 Å². The van der Waals surface area contributed by atoms with Crippen molar-refractivity contribution in [2.24, 2.45) is 5.41 Å². The number of ether oxygens (including phenoxy) is 1. The van der Waals surface area contributed by atoms with Crippen LogP contribution in [0, 0.1) is 5.41 Å². The standard InChI is InChI=1S/C24H38N2O5/c1-15-16(2)21(29)19(17(3)20(15)28)24(7,8)14-18(27)25(9)12-11-13-26(10)22(30)31-23(4,5)6/h11-14H2,1-10H3. The van der Waals surface area contributed by atoms with Crippen LogP contribution in [0.1, 0.15) is 68.2 Å². The Hall–Kier alpha value is -2.44. The van der Waals surface area contributed by atoms with Gasteiger partial charge in [-0.25, -0.2) is 4.79 Å². The zero-order chi connectivity index (χ0) is 24.3. The SMILES string of the molecule is CC1=C(C)C(=O)C(C(C)(C)CC(=O)N(C)CCCN(C)C(=O)OC(C)(C)C)=C(C)C1=O. The molecule has 174 valence electrons. The number of Topliss-reactive ketones (excluding diaryl/α,β-unsaturated/α-hetero) is 2. The maximum atomic E-state index is 12.9. The Labute approximate surface area is 186 Å². The maximum Gasteiger partial charge on any atom is 0.410 e. The van der Waals surface area contributed by atoms with Crippen molar-refractivity contribution in [2.75, 3.05) is 27.2 Å². The Morgan fingerprint density at radius 1 is 0.806 bits per heavy atom. The molecule has 0 radical (unpaired) electrons. The molecule has 0 saturated carbocycles. The van der Waals surface area contributed by atoms with Crippen molar-refractivity contribution in [1.82, 2.24) is 9.80 Å². The molecule has 7 nitrogen and oxygen atoms in total. The van der Waals surface area contributed by atoms with Gasteiger partial charge in [0.25, 0.3) is 0 Å². The van der Waals surface area contributed by atoms with Crippen molar-refractivity contribution < 1.29 is 23.9 Å². The van der Waals surface area contributed by atoms with Crippen LogP contribution in [-0.4, -0.2) is 66.2 Å². The second-order valence-electron chi connectivity index (χ2n) is 10.0. The third-order valence-corrected chi connectivity index (χ3v) is 5.57. The number of nitrogens with zero attached hydrogens (tertiary/aromatic N) is 2. The number of carbonyl (C=O) groups excluding carboxylic acids is 4. The highest BCUT2D eigenvalue weighted by atomic mass is 16.6. The first-order chi connectivity index (χ1) is 14.0. The number of ketones is 2. The minimum Gasteiger partial charge on any atom is -0.444 e. The highest BCUT2D eigenvalue weighted by molar-refractivity contribution is 6.25. The van der Waals surface area contributed by atoms with E-state index in [1.165, 1.54) is 4.90 Å². The lowest BCUT2D eigenvalue weighted by Crippen LogP contribution is -2.38. The van der Waals surface area contributed by atoms with Gasteiger partial charge in [-0.15, -0.1) is 0 Å². The first-order valence-corrected chi connectivity index (χ1v) is 10.7. The molecule has 0 aromatic carbocycles. The van der Waals surface area contributed by atoms with Crippen LogP contribution in [0.25, 0.3) is 0 Å². The predicted molar refractivity (Wildman–Crippen MR) is 121 cm³/mol. The summed E-state index contributed by atoms with van der Waals surface area (Å²) < 4.78 is 5.32. The number of allylic oxidation sites excluding steroid dienone is 4. The van der Waals surface area contributed by atoms with Gasteiger partial charge in [0.1, 0.15) is 5.60 Å². The Balaban J connectivity index is 2.73. The normalized spacial score (nSPS) is 15.4. The first kappa shape index (κ1) is 26.6. The summed E-state index contributed by atoms with van der Waals surface area (Å²) in [6.45, 7) is 15.0. The van der Waals surface area contributed by atoms with E-state index in [0.717, 1.165) is 0 Å². The van der Waals surface area contributed by atoms with Gasteiger partial charge in [0.05, 0.1) is 0 Å². The number of hydrogen-bond acceptors (Lipinski definition) is 5. The van der Waals surface area contributed by atoms with E-state index in [1.54, 1.807) is 39.8 Å². The molecule has 0 bridgehead atoms. The Bertz CT molecular complexity index is 827. The van der Waals surface area contributed by atoms with E-state index < -0.39 is 17.1 Å². The van der Waals surface area contributed by atoms with E-state index in [0.29, 0.717) is 41.8 Å². The van der Waals surface area contributed by atoms with Crippen LogP contribution in [-0.2, 0) is 19.1 Å². The van der Waals surface area contributed by atoms with Crippen molar-refractivity contribution in [3.8, 4) is 0 Å². The van der Waals surface area contributed by atoms with Gasteiger partial charge in [0.15, 0.2) is 11.6 Å². The largest absolute Gasteiger partial charge is 0.444 e. The van der Waals surface area contributed by atoms with Crippen LogP contribution in [0.15, 0.2) is 22.3 Å². The fourth-order valence-electron chi connectivity index (χ4n) is 3.61. The Morgan fingerprint density at radius 2 is 1.29 bits per heavy atom. The Kier molecular flexibility index (Phi) is 8.40. The lowest BCUT2D eigenvalue weighted by atomic mass is 9.71. The molecule has 7 heteroatoms. The molecule has 1 aliphatic rings. The Morgan fingerprint density at radius 3 is 1.81 bits per heavy atom. The van der Waals surface area contributed by atoms with Crippen molar-refractivity contribution >= 4 is 23.6 Å². The van der Waals surface area contributed by atoms with Crippen molar-refractivity contribution in [2.45, 2.75) is 73.8 Å². The molecule has 0 N–H and O–H groups in total. The van der Waals surface area contributed by atoms with Crippen molar-refractivity contribution in [1.29, 1.82) is 0 Å². The van der Waals surface area contributed by atoms with Gasteiger partial charge < -0.3 is 14.5 Å². The number of amides is 2. The summed E-state index contributed by atoms with van der Waals surface area (Å²) in [5, 5.41) is 0. The molecule has 0 aliphatic heterocycles. The topological polar surface area (TPSA) is 84.0 Å². The van der Waals surface area contributed by atoms with Crippen LogP contribution < -0.4 is 0 Å². The molecule has 0 unspecified atom stereocenters. The van der Waals surface area contributed by atoms with Gasteiger partial charge in [-0.2, -0.15) is 0 Å². The summed E-state index contributed by atoms with van der Waals surface area (Å²) in [6.07, 6.45) is 0.311. The minimum atomic E-state index is -0.766. The van der Waals surface area contributed by atoms with E-state index in [4.69, 9.17) is 4.74 Å². The molecular formula is C24H38N2O5. The van der Waals surface area contributed by atoms with E-state index in [9.17, 15) is 19.2 Å². The first-order valence-electron chi connectivity index (χ1n) is 10.7. The lowest BCUT2D eigenvalue weighted by Gasteiger charge is -2.32. The molecule has 0 aromatic heterocycles. The van der Waals surface area contributed by atoms with Crippen molar-refractivity contribution in [3.63, 3.8) is 0 Å². The van der Waals surface area contributed by atoms with Crippen LogP contribution in [0.2, 0.25) is 0 Å². The summed E-state index contributed by atoms with van der Waals surface area (Å²) >= 11 is 0. The molecule has 0 heterocycles. The lowest BCUT2D eigenvalue weighted by molar-refractivity contribution is -0.131. The second-order valence-corrected chi connectivity index (χ2v) is 10.0. The quantitative estimate of drug-likeness (QED) is 0.567. The van der Waals surface area contributed by atoms with Crippen LogP contribution >= 0.6 is 0 Å². The zero-order valence-electron chi connectivity index (χ0n) is 20.8. The molecule has 2 amide bonds. The van der Waals surface area contributed by atoms with Gasteiger partial charge in [-0.1, -0.05) is 13.8 Å². The average Bonchev–Trinajstić information content (AvgIpc) is 2.62. The second kappa shape index (κ2) is 9.79. The number of carbonyl (C=O) groups is 4. The third-order valence-electron chi connectivity index (χ3n) is 5.57. The summed E-state index contributed by atoms with van der Waals surface area (Å²) in [4.78, 5) is 53.3. The van der Waals surface area contributed by atoms with Gasteiger partial charge in [0.2, 0.25) is 5.91 Å². The molecule has 0 fully saturated rings. The predicted octanol–water partition coefficient (Wildman–Crippen LogP) is 3.92. The summed E-state index contributed by atoms with van der Waals surface area (Å²) in [5.41, 5.74) is 0.446. The van der Waals surface area contributed by atoms with E-state index >= 15 is 0 Å². The fourth-order valence-corrected chi connectivity index (χ4v) is 3.61. The molecule has 0 spiro atoms. The summed E-state index contributed by atoms with van der Waals surface area (Å²) in [6, 6.07) is 0. The van der Waals surface area contributed by atoms with Crippen molar-refractivity contribution in [3.05, 3.63) is 22.3 Å². The third kappa shape index (κ3) is 6.77. The average molecular weight is 435 g/mol. The smallest absolute Gasteiger partial charge is 0.410 e. The minimum absolute atomic E-state index is 0.115. The highest BCUT2D eigenvalue weighted by Gasteiger charge is 2.38. The van der Waals surface area contributed by atoms with E-state index in [1.807, 2.05) is 34.6 Å². The number of rotatable bonds is 7. The van der Waals surface area contributed by atoms with Crippen LogP contribution in [0.4, 0.5) is 4.79 Å². The van der Waals surface area contributed by atoms with Gasteiger partial charge in [0, 0.05) is 61.3 Å². The highest BCUT2D eigenvalue weighted by Crippen LogP contribution is 2.39. The maximum absolute atomic E-state index is 12.9. The molecule has 1 aliphatic carbocycles. The molecular weight excluding hydrogens is 396 g/mol. The summed E-state index contributed by atoms with van der Waals surface area (Å²) in [7, 11) is 3.37. The van der Waals surface area contributed by atoms with Gasteiger partial charge >= 0.3 is 6.09 Å². The molecule has 0 atom stereocenters. The fraction of sp³-hybridized carbons (Fsp3) is 0.667. The molecule has 0 saturated heterocycles. The van der Waals surface area contributed by atoms with E-state index in [2.05, 4.69) is 0 Å².